The summed E-state index contributed by atoms with van der Waals surface area (Å²) in [5, 5.41) is 0.824. The summed E-state index contributed by atoms with van der Waals surface area (Å²) in [6.07, 6.45) is 1.87. The molecule has 0 bridgehead atoms. The van der Waals surface area contributed by atoms with Gasteiger partial charge in [0.05, 0.1) is 17.6 Å². The Hall–Kier alpha value is -3.58. The Morgan fingerprint density at radius 3 is 2.17 bits per heavy atom. The average Bonchev–Trinajstić information content (AvgIpc) is 3.28. The van der Waals surface area contributed by atoms with Crippen LogP contribution in [0.25, 0.3) is 22.4 Å². The fourth-order valence-corrected chi connectivity index (χ4v) is 5.20. The molecule has 4 aromatic rings. The van der Waals surface area contributed by atoms with E-state index in [1.807, 2.05) is 40.9 Å². The molecule has 2 heterocycles. The zero-order valence-electron chi connectivity index (χ0n) is 19.6. The Kier molecular flexibility index (Phi) is 6.86. The molecule has 178 valence electrons. The summed E-state index contributed by atoms with van der Waals surface area (Å²) in [4.78, 5) is 21.5. The first-order valence-electron chi connectivity index (χ1n) is 11.7. The first-order valence-corrected chi connectivity index (χ1v) is 12.7. The molecule has 0 unspecified atom stereocenters. The second-order valence-corrected chi connectivity index (χ2v) is 9.50. The standard InChI is InChI=1S/C28H27FN4OS/c1-31-26(23-9-7-22(8-10-23)21-5-3-2-4-6-21)19-30-28(31)35-20-27(34)33-17-15-32(16-18-33)25-13-11-24(29)12-14-25/h2-14,19H,15-18,20H2,1H3. The van der Waals surface area contributed by atoms with E-state index in [9.17, 15) is 9.18 Å². The van der Waals surface area contributed by atoms with Gasteiger partial charge in [0.15, 0.2) is 5.16 Å². The number of rotatable bonds is 6. The summed E-state index contributed by atoms with van der Waals surface area (Å²) in [5.74, 6) is 0.236. The molecular weight excluding hydrogens is 459 g/mol. The van der Waals surface area contributed by atoms with E-state index in [1.165, 1.54) is 35.0 Å². The summed E-state index contributed by atoms with van der Waals surface area (Å²) in [7, 11) is 1.99. The van der Waals surface area contributed by atoms with E-state index in [-0.39, 0.29) is 11.7 Å². The van der Waals surface area contributed by atoms with Crippen molar-refractivity contribution in [3.05, 3.63) is 90.9 Å². The minimum atomic E-state index is -0.235. The highest BCUT2D eigenvalue weighted by atomic mass is 32.2. The van der Waals surface area contributed by atoms with Crippen LogP contribution in [0.5, 0.6) is 0 Å². The number of carbonyl (C=O) groups is 1. The SMILES string of the molecule is Cn1c(-c2ccc(-c3ccccc3)cc2)cnc1SCC(=O)N1CCN(c2ccc(F)cc2)CC1. The van der Waals surface area contributed by atoms with Crippen molar-refractivity contribution >= 4 is 23.4 Å². The van der Waals surface area contributed by atoms with Crippen molar-refractivity contribution in [1.82, 2.24) is 14.5 Å². The molecule has 0 atom stereocenters. The minimum absolute atomic E-state index is 0.116. The van der Waals surface area contributed by atoms with Crippen LogP contribution in [0.4, 0.5) is 10.1 Å². The molecule has 5 nitrogen and oxygen atoms in total. The van der Waals surface area contributed by atoms with Gasteiger partial charge in [0.1, 0.15) is 5.82 Å². The van der Waals surface area contributed by atoms with Gasteiger partial charge in [-0.05, 0) is 41.0 Å². The number of benzene rings is 3. The van der Waals surface area contributed by atoms with Crippen LogP contribution in [-0.2, 0) is 11.8 Å². The molecule has 3 aromatic carbocycles. The molecule has 1 aromatic heterocycles. The Labute approximate surface area is 209 Å². The van der Waals surface area contributed by atoms with Gasteiger partial charge in [0, 0.05) is 38.9 Å². The number of imidazole rings is 1. The second-order valence-electron chi connectivity index (χ2n) is 8.56. The van der Waals surface area contributed by atoms with Crippen molar-refractivity contribution < 1.29 is 9.18 Å². The lowest BCUT2D eigenvalue weighted by Gasteiger charge is -2.36. The number of nitrogens with zero attached hydrogens (tertiary/aromatic N) is 4. The summed E-state index contributed by atoms with van der Waals surface area (Å²) in [6.45, 7) is 2.81. The highest BCUT2D eigenvalue weighted by molar-refractivity contribution is 7.99. The fraction of sp³-hybridized carbons (Fsp3) is 0.214. The van der Waals surface area contributed by atoms with Gasteiger partial charge in [-0.25, -0.2) is 9.37 Å². The molecule has 5 rings (SSSR count). The molecule has 1 aliphatic rings. The molecule has 1 fully saturated rings. The lowest BCUT2D eigenvalue weighted by atomic mass is 10.0. The molecule has 1 saturated heterocycles. The monoisotopic (exact) mass is 486 g/mol. The summed E-state index contributed by atoms with van der Waals surface area (Å²) >= 11 is 1.47. The maximum atomic E-state index is 13.2. The first-order chi connectivity index (χ1) is 17.1. The zero-order chi connectivity index (χ0) is 24.2. The third-order valence-corrected chi connectivity index (χ3v) is 7.41. The lowest BCUT2D eigenvalue weighted by molar-refractivity contribution is -0.128. The molecule has 35 heavy (non-hydrogen) atoms. The Balaban J connectivity index is 1.16. The van der Waals surface area contributed by atoms with Gasteiger partial charge in [-0.15, -0.1) is 0 Å². The van der Waals surface area contributed by atoms with E-state index in [2.05, 4.69) is 46.3 Å². The minimum Gasteiger partial charge on any atom is -0.368 e. The van der Waals surface area contributed by atoms with Crippen molar-refractivity contribution in [3.63, 3.8) is 0 Å². The van der Waals surface area contributed by atoms with Crippen molar-refractivity contribution in [3.8, 4) is 22.4 Å². The van der Waals surface area contributed by atoms with Crippen molar-refractivity contribution in [2.24, 2.45) is 7.05 Å². The third kappa shape index (κ3) is 5.25. The molecular formula is C28H27FN4OS. The van der Waals surface area contributed by atoms with Crippen LogP contribution in [-0.4, -0.2) is 52.3 Å². The molecule has 0 N–H and O–H groups in total. The number of aromatic nitrogens is 2. The average molecular weight is 487 g/mol. The molecule has 1 amide bonds. The quantitative estimate of drug-likeness (QED) is 0.345. The van der Waals surface area contributed by atoms with Gasteiger partial charge < -0.3 is 14.4 Å². The van der Waals surface area contributed by atoms with Crippen LogP contribution < -0.4 is 4.90 Å². The number of anilines is 1. The molecule has 1 aliphatic heterocycles. The Bertz CT molecular complexity index is 1280. The highest BCUT2D eigenvalue weighted by Gasteiger charge is 2.22. The predicted octanol–water partition coefficient (Wildman–Crippen LogP) is 5.33. The Morgan fingerprint density at radius 1 is 0.857 bits per heavy atom. The smallest absolute Gasteiger partial charge is 0.233 e. The van der Waals surface area contributed by atoms with E-state index < -0.39 is 0 Å². The topological polar surface area (TPSA) is 41.4 Å². The third-order valence-electron chi connectivity index (χ3n) is 6.38. The first kappa shape index (κ1) is 23.2. The van der Waals surface area contributed by atoms with Crippen molar-refractivity contribution in [2.75, 3.05) is 36.8 Å². The van der Waals surface area contributed by atoms with Crippen LogP contribution in [0.3, 0.4) is 0 Å². The maximum Gasteiger partial charge on any atom is 0.233 e. The van der Waals surface area contributed by atoms with Gasteiger partial charge in [0.2, 0.25) is 5.91 Å². The molecule has 0 aliphatic carbocycles. The van der Waals surface area contributed by atoms with E-state index >= 15 is 0 Å². The molecule has 7 heteroatoms. The number of halogens is 1. The largest absolute Gasteiger partial charge is 0.368 e. The maximum absolute atomic E-state index is 13.2. The van der Waals surface area contributed by atoms with Crippen LogP contribution in [0, 0.1) is 5.82 Å². The number of piperazine rings is 1. The number of thioether (sulfide) groups is 1. The van der Waals surface area contributed by atoms with Gasteiger partial charge in [-0.2, -0.15) is 0 Å². The predicted molar refractivity (Wildman–Crippen MR) is 140 cm³/mol. The van der Waals surface area contributed by atoms with E-state index in [4.69, 9.17) is 0 Å². The lowest BCUT2D eigenvalue weighted by Crippen LogP contribution is -2.49. The molecule has 0 saturated carbocycles. The van der Waals surface area contributed by atoms with Crippen molar-refractivity contribution in [2.45, 2.75) is 5.16 Å². The number of hydrogen-bond donors (Lipinski definition) is 0. The van der Waals surface area contributed by atoms with E-state index in [1.54, 1.807) is 12.1 Å². The van der Waals surface area contributed by atoms with Crippen molar-refractivity contribution in [1.29, 1.82) is 0 Å². The van der Waals surface area contributed by atoms with Gasteiger partial charge in [-0.1, -0.05) is 66.4 Å². The Morgan fingerprint density at radius 2 is 1.49 bits per heavy atom. The van der Waals surface area contributed by atoms with Crippen LogP contribution in [0.15, 0.2) is 90.2 Å². The van der Waals surface area contributed by atoms with Gasteiger partial charge in [0.25, 0.3) is 0 Å². The number of amides is 1. The highest BCUT2D eigenvalue weighted by Crippen LogP contribution is 2.28. The molecule has 0 spiro atoms. The molecule has 0 radical (unpaired) electrons. The fourth-order valence-electron chi connectivity index (χ4n) is 4.34. The summed E-state index contributed by atoms with van der Waals surface area (Å²) in [6, 6.07) is 25.3. The summed E-state index contributed by atoms with van der Waals surface area (Å²) in [5.41, 5.74) is 5.47. The van der Waals surface area contributed by atoms with Gasteiger partial charge >= 0.3 is 0 Å². The second kappa shape index (κ2) is 10.4. The van der Waals surface area contributed by atoms with E-state index in [0.717, 1.165) is 35.2 Å². The van der Waals surface area contributed by atoms with Crippen LogP contribution in [0.1, 0.15) is 0 Å². The van der Waals surface area contributed by atoms with Crippen LogP contribution >= 0.6 is 11.8 Å². The number of hydrogen-bond acceptors (Lipinski definition) is 4. The number of carbonyl (C=O) groups excluding carboxylic acids is 1. The summed E-state index contributed by atoms with van der Waals surface area (Å²) < 4.78 is 15.2. The zero-order valence-corrected chi connectivity index (χ0v) is 20.4. The van der Waals surface area contributed by atoms with E-state index in [0.29, 0.717) is 18.8 Å². The van der Waals surface area contributed by atoms with Crippen LogP contribution in [0.2, 0.25) is 0 Å². The normalized spacial score (nSPS) is 13.8. The van der Waals surface area contributed by atoms with Gasteiger partial charge in [-0.3, -0.25) is 4.79 Å².